The largest absolute Gasteiger partial charge is 0.330 e. The number of hydrogen-bond donors (Lipinski definition) is 1. The first kappa shape index (κ1) is 13.4. The van der Waals surface area contributed by atoms with Crippen molar-refractivity contribution in [1.82, 2.24) is 4.90 Å². The predicted molar refractivity (Wildman–Crippen MR) is 64.2 cm³/mol. The summed E-state index contributed by atoms with van der Waals surface area (Å²) in [6.07, 6.45) is 3.86. The molecule has 0 heterocycles. The summed E-state index contributed by atoms with van der Waals surface area (Å²) in [6.45, 7) is 15.6. The van der Waals surface area contributed by atoms with Gasteiger partial charge in [-0.2, -0.15) is 0 Å². The van der Waals surface area contributed by atoms with E-state index in [1.54, 1.807) is 0 Å². The van der Waals surface area contributed by atoms with Gasteiger partial charge in [0.2, 0.25) is 0 Å². The second-order valence-electron chi connectivity index (χ2n) is 4.04. The third kappa shape index (κ3) is 5.20. The van der Waals surface area contributed by atoms with Gasteiger partial charge < -0.3 is 5.73 Å². The predicted octanol–water partition coefficient (Wildman–Crippen LogP) is 1.89. The van der Waals surface area contributed by atoms with Crippen LogP contribution in [-0.2, 0) is 0 Å². The van der Waals surface area contributed by atoms with E-state index in [4.69, 9.17) is 5.73 Å². The highest BCUT2D eigenvalue weighted by Gasteiger charge is 2.14. The Balaban J connectivity index is 4.09. The topological polar surface area (TPSA) is 29.3 Å². The molecule has 0 aliphatic carbocycles. The number of rotatable bonds is 8. The Labute approximate surface area is 88.5 Å². The maximum absolute atomic E-state index is 5.74. The normalized spacial score (nSPS) is 13.2. The van der Waals surface area contributed by atoms with Gasteiger partial charge in [0.05, 0.1) is 0 Å². The number of nitrogens with zero attached hydrogens (tertiary/aromatic N) is 1. The second kappa shape index (κ2) is 7.77. The Morgan fingerprint density at radius 3 is 2.00 bits per heavy atom. The zero-order valence-corrected chi connectivity index (χ0v) is 9.58. The molecule has 2 N–H and O–H groups in total. The molecule has 0 aliphatic heterocycles. The van der Waals surface area contributed by atoms with Crippen LogP contribution < -0.4 is 5.73 Å². The van der Waals surface area contributed by atoms with Crippen molar-refractivity contribution >= 4 is 0 Å². The third-order valence-corrected chi connectivity index (χ3v) is 2.51. The fraction of sp³-hybridized carbons (Fsp3) is 0.667. The van der Waals surface area contributed by atoms with Crippen molar-refractivity contribution < 1.29 is 0 Å². The molecule has 2 heteroatoms. The molecule has 0 aliphatic rings. The van der Waals surface area contributed by atoms with Crippen LogP contribution in [0.15, 0.2) is 25.3 Å². The molecule has 0 spiro atoms. The van der Waals surface area contributed by atoms with Crippen LogP contribution in [0.1, 0.15) is 13.8 Å². The molecule has 0 saturated heterocycles. The van der Waals surface area contributed by atoms with E-state index < -0.39 is 0 Å². The summed E-state index contributed by atoms with van der Waals surface area (Å²) in [4.78, 5) is 2.32. The third-order valence-electron chi connectivity index (χ3n) is 2.51. The van der Waals surface area contributed by atoms with E-state index in [9.17, 15) is 0 Å². The van der Waals surface area contributed by atoms with E-state index in [0.29, 0.717) is 11.8 Å². The molecule has 0 aromatic carbocycles. The maximum atomic E-state index is 5.74. The van der Waals surface area contributed by atoms with Gasteiger partial charge in [-0.25, -0.2) is 0 Å². The molecule has 0 saturated carbocycles. The molecule has 1 unspecified atom stereocenters. The monoisotopic (exact) mass is 196 g/mol. The minimum Gasteiger partial charge on any atom is -0.330 e. The second-order valence-corrected chi connectivity index (χ2v) is 4.04. The van der Waals surface area contributed by atoms with E-state index >= 15 is 0 Å². The summed E-state index contributed by atoms with van der Waals surface area (Å²) in [7, 11) is 0. The Bertz CT molecular complexity index is 154. The van der Waals surface area contributed by atoms with Crippen LogP contribution in [0.25, 0.3) is 0 Å². The van der Waals surface area contributed by atoms with Crippen LogP contribution in [0.2, 0.25) is 0 Å². The molecular weight excluding hydrogens is 172 g/mol. The minimum atomic E-state index is 0.565. The van der Waals surface area contributed by atoms with Gasteiger partial charge in [0, 0.05) is 19.6 Å². The summed E-state index contributed by atoms with van der Waals surface area (Å²) in [6, 6.07) is 0. The molecule has 0 rings (SSSR count). The fourth-order valence-electron chi connectivity index (χ4n) is 1.48. The quantitative estimate of drug-likeness (QED) is 0.601. The van der Waals surface area contributed by atoms with Crippen LogP contribution in [0.4, 0.5) is 0 Å². The lowest BCUT2D eigenvalue weighted by atomic mass is 9.95. The van der Waals surface area contributed by atoms with E-state index in [1.807, 2.05) is 12.2 Å². The number of nitrogens with two attached hydrogens (primary N) is 1. The molecular formula is C12H24N2. The summed E-state index contributed by atoms with van der Waals surface area (Å²) >= 11 is 0. The van der Waals surface area contributed by atoms with Gasteiger partial charge in [-0.15, -0.1) is 13.2 Å². The molecule has 0 aromatic rings. The molecule has 14 heavy (non-hydrogen) atoms. The van der Waals surface area contributed by atoms with E-state index in [2.05, 4.69) is 31.9 Å². The maximum Gasteiger partial charge on any atom is 0.0164 e. The van der Waals surface area contributed by atoms with Crippen molar-refractivity contribution in [3.8, 4) is 0 Å². The van der Waals surface area contributed by atoms with E-state index in [0.717, 1.165) is 26.2 Å². The van der Waals surface area contributed by atoms with Crippen molar-refractivity contribution in [2.45, 2.75) is 13.8 Å². The van der Waals surface area contributed by atoms with Crippen molar-refractivity contribution in [1.29, 1.82) is 0 Å². The van der Waals surface area contributed by atoms with Crippen molar-refractivity contribution in [3.63, 3.8) is 0 Å². The van der Waals surface area contributed by atoms with Crippen LogP contribution in [0, 0.1) is 11.8 Å². The lowest BCUT2D eigenvalue weighted by Crippen LogP contribution is -2.35. The van der Waals surface area contributed by atoms with Gasteiger partial charge in [-0.3, -0.25) is 4.90 Å². The van der Waals surface area contributed by atoms with E-state index in [-0.39, 0.29) is 0 Å². The van der Waals surface area contributed by atoms with E-state index in [1.165, 1.54) is 0 Å². The standard InChI is InChI=1S/C12H24N2/c1-5-7-14(8-6-2)10-12(9-13)11(3)4/h5-6,11-12H,1-2,7-10,13H2,3-4H3. The zero-order valence-electron chi connectivity index (χ0n) is 9.58. The van der Waals surface area contributed by atoms with Crippen molar-refractivity contribution in [2.24, 2.45) is 17.6 Å². The first-order valence-electron chi connectivity index (χ1n) is 5.29. The van der Waals surface area contributed by atoms with Crippen LogP contribution in [0.5, 0.6) is 0 Å². The summed E-state index contributed by atoms with van der Waals surface area (Å²) in [5.41, 5.74) is 5.74. The average Bonchev–Trinajstić information content (AvgIpc) is 2.14. The van der Waals surface area contributed by atoms with Gasteiger partial charge >= 0.3 is 0 Å². The summed E-state index contributed by atoms with van der Waals surface area (Å²) in [5.74, 6) is 1.20. The van der Waals surface area contributed by atoms with Gasteiger partial charge in [-0.05, 0) is 18.4 Å². The molecule has 0 fully saturated rings. The molecule has 1 atom stereocenters. The van der Waals surface area contributed by atoms with Gasteiger partial charge in [0.25, 0.3) is 0 Å². The van der Waals surface area contributed by atoms with Crippen LogP contribution in [-0.4, -0.2) is 31.1 Å². The van der Waals surface area contributed by atoms with Gasteiger partial charge in [0.1, 0.15) is 0 Å². The summed E-state index contributed by atoms with van der Waals surface area (Å²) < 4.78 is 0. The zero-order chi connectivity index (χ0) is 11.0. The smallest absolute Gasteiger partial charge is 0.0164 e. The minimum absolute atomic E-state index is 0.565. The lowest BCUT2D eigenvalue weighted by Gasteiger charge is -2.27. The SMILES string of the molecule is C=CCN(CC=C)CC(CN)C(C)C. The Morgan fingerprint density at radius 2 is 1.71 bits per heavy atom. The lowest BCUT2D eigenvalue weighted by molar-refractivity contribution is 0.239. The Hall–Kier alpha value is -0.600. The summed E-state index contributed by atoms with van der Waals surface area (Å²) in [5, 5.41) is 0. The highest BCUT2D eigenvalue weighted by atomic mass is 15.1. The average molecular weight is 196 g/mol. The van der Waals surface area contributed by atoms with Crippen molar-refractivity contribution in [3.05, 3.63) is 25.3 Å². The van der Waals surface area contributed by atoms with Gasteiger partial charge in [-0.1, -0.05) is 26.0 Å². The first-order valence-corrected chi connectivity index (χ1v) is 5.29. The first-order chi connectivity index (χ1) is 6.65. The van der Waals surface area contributed by atoms with Crippen LogP contribution in [0.3, 0.4) is 0 Å². The Morgan fingerprint density at radius 1 is 1.21 bits per heavy atom. The molecule has 0 amide bonds. The Kier molecular flexibility index (Phi) is 7.44. The van der Waals surface area contributed by atoms with Gasteiger partial charge in [0.15, 0.2) is 0 Å². The van der Waals surface area contributed by atoms with Crippen molar-refractivity contribution in [2.75, 3.05) is 26.2 Å². The van der Waals surface area contributed by atoms with Crippen LogP contribution >= 0.6 is 0 Å². The molecule has 2 nitrogen and oxygen atoms in total. The molecule has 0 aromatic heterocycles. The highest BCUT2D eigenvalue weighted by Crippen LogP contribution is 2.11. The molecule has 0 bridgehead atoms. The highest BCUT2D eigenvalue weighted by molar-refractivity contribution is 4.82. The number of hydrogen-bond acceptors (Lipinski definition) is 2. The molecule has 0 radical (unpaired) electrons. The molecule has 82 valence electrons. The fourth-order valence-corrected chi connectivity index (χ4v) is 1.48.